The van der Waals surface area contributed by atoms with Crippen molar-refractivity contribution in [1.82, 2.24) is 4.90 Å². The largest absolute Gasteiger partial charge is 0.497 e. The van der Waals surface area contributed by atoms with Crippen LogP contribution in [0.15, 0.2) is 72.8 Å². The number of amides is 2. The van der Waals surface area contributed by atoms with E-state index in [-0.39, 0.29) is 26.5 Å². The highest BCUT2D eigenvalue weighted by atomic mass is 16.5. The maximum atomic E-state index is 12.9. The van der Waals surface area contributed by atoms with Crippen LogP contribution in [0.1, 0.15) is 29.8 Å². The van der Waals surface area contributed by atoms with Crippen LogP contribution in [0.5, 0.6) is 11.5 Å². The van der Waals surface area contributed by atoms with Crippen LogP contribution in [0.3, 0.4) is 0 Å². The zero-order valence-electron chi connectivity index (χ0n) is 18.9. The summed E-state index contributed by atoms with van der Waals surface area (Å²) in [4.78, 5) is 27.0. The first-order chi connectivity index (χ1) is 16.4. The molecule has 0 bridgehead atoms. The van der Waals surface area contributed by atoms with Crippen LogP contribution in [0, 0.1) is 16.7 Å². The predicted octanol–water partition coefficient (Wildman–Crippen LogP) is 4.27. The molecule has 180 valence electrons. The van der Waals surface area contributed by atoms with Gasteiger partial charge in [0, 0.05) is 18.7 Å². The number of nitriles is 1. The first kappa shape index (κ1) is 25.3. The van der Waals surface area contributed by atoms with Crippen LogP contribution < -0.4 is 15.2 Å². The maximum Gasteiger partial charge on any atom is 0.253 e. The van der Waals surface area contributed by atoms with Crippen LogP contribution in [-0.2, 0) is 4.79 Å². The Morgan fingerprint density at radius 2 is 1.54 bits per heavy atom. The third kappa shape index (κ3) is 5.44. The smallest absolute Gasteiger partial charge is 0.253 e. The van der Waals surface area contributed by atoms with Crippen molar-refractivity contribution in [1.29, 1.82) is 5.26 Å². The molecule has 3 aromatic rings. The second-order valence-corrected chi connectivity index (χ2v) is 8.35. The fourth-order valence-corrected chi connectivity index (χ4v) is 4.05. The van der Waals surface area contributed by atoms with Gasteiger partial charge in [-0.05, 0) is 66.1 Å². The number of benzene rings is 3. The molecule has 1 unspecified atom stereocenters. The Kier molecular flexibility index (Phi) is 7.77. The molecule has 0 radical (unpaired) electrons. The first-order valence-electron chi connectivity index (χ1n) is 10.9. The Hall–Kier alpha value is -4.31. The van der Waals surface area contributed by atoms with E-state index in [9.17, 15) is 9.59 Å². The second-order valence-electron chi connectivity index (χ2n) is 8.35. The Morgan fingerprint density at radius 1 is 0.971 bits per heavy atom. The maximum absolute atomic E-state index is 12.9. The number of carbonyl (C=O) groups is 2. The fourth-order valence-electron chi connectivity index (χ4n) is 4.05. The highest BCUT2D eigenvalue weighted by molar-refractivity contribution is 5.95. The quantitative estimate of drug-likeness (QED) is 0.554. The molecule has 1 heterocycles. The molecule has 0 aromatic heterocycles. The van der Waals surface area contributed by atoms with Gasteiger partial charge in [0.25, 0.3) is 5.91 Å². The van der Waals surface area contributed by atoms with E-state index in [4.69, 9.17) is 20.5 Å². The van der Waals surface area contributed by atoms with Gasteiger partial charge in [0.05, 0.1) is 18.7 Å². The van der Waals surface area contributed by atoms with Gasteiger partial charge in [0.2, 0.25) is 5.91 Å². The van der Waals surface area contributed by atoms with E-state index in [1.807, 2.05) is 36.4 Å². The van der Waals surface area contributed by atoms with E-state index in [0.717, 1.165) is 11.1 Å². The van der Waals surface area contributed by atoms with E-state index >= 15 is 0 Å². The van der Waals surface area contributed by atoms with Gasteiger partial charge in [-0.25, -0.2) is 0 Å². The second kappa shape index (κ2) is 10.7. The summed E-state index contributed by atoms with van der Waals surface area (Å²) in [5.41, 5.74) is 7.92. The van der Waals surface area contributed by atoms with Crippen LogP contribution in [0.25, 0.3) is 11.1 Å². The molecule has 4 rings (SSSR count). The van der Waals surface area contributed by atoms with Gasteiger partial charge in [-0.2, -0.15) is 5.26 Å². The number of likely N-dealkylation sites (tertiary alicyclic amines) is 1. The molecular weight excluding hydrogens is 442 g/mol. The van der Waals surface area contributed by atoms with Crippen molar-refractivity contribution in [3.63, 3.8) is 0 Å². The molecule has 7 nitrogen and oxygen atoms in total. The number of nitrogens with zero attached hydrogens (tertiary/aromatic N) is 2. The Morgan fingerprint density at radius 3 is 2.09 bits per heavy atom. The third-order valence-corrected chi connectivity index (χ3v) is 6.22. The Balaban J connectivity index is 0.00000342. The van der Waals surface area contributed by atoms with Gasteiger partial charge >= 0.3 is 0 Å². The molecule has 1 fully saturated rings. The number of methoxy groups -OCH3 is 1. The van der Waals surface area contributed by atoms with E-state index in [0.29, 0.717) is 35.6 Å². The summed E-state index contributed by atoms with van der Waals surface area (Å²) in [5, 5.41) is 8.94. The fraction of sp³-hybridized carbons (Fsp3) is 0.250. The molecule has 1 aliphatic rings. The Bertz CT molecular complexity index is 1220. The van der Waals surface area contributed by atoms with Gasteiger partial charge in [0.1, 0.15) is 23.5 Å². The summed E-state index contributed by atoms with van der Waals surface area (Å²) >= 11 is 0. The molecule has 0 saturated carbocycles. The molecular formula is C28H29N3O4. The lowest BCUT2D eigenvalue weighted by atomic mass is 9.87. The summed E-state index contributed by atoms with van der Waals surface area (Å²) < 4.78 is 11.1. The highest BCUT2D eigenvalue weighted by Gasteiger charge is 2.45. The minimum Gasteiger partial charge on any atom is -0.497 e. The first-order valence-corrected chi connectivity index (χ1v) is 10.9. The standard InChI is InChI=1S/C27H25N3O4.CH4/c1-33-23-10-8-22(9-11-23)25(31)30-15-14-27(17-30,26(29)32)18-34-24-12-6-21(7-13-24)20-4-2-19(16-28)3-5-20;/h2-13H,14-15,17-18H2,1H3,(H2,29,32);1H4. The molecule has 35 heavy (non-hydrogen) atoms. The normalized spacial score (nSPS) is 16.6. The number of hydrogen-bond donors (Lipinski definition) is 1. The molecule has 0 aliphatic carbocycles. The summed E-state index contributed by atoms with van der Waals surface area (Å²) in [5.74, 6) is 0.644. The summed E-state index contributed by atoms with van der Waals surface area (Å²) in [6.45, 7) is 0.719. The van der Waals surface area contributed by atoms with Crippen LogP contribution >= 0.6 is 0 Å². The minimum atomic E-state index is -0.950. The number of carbonyl (C=O) groups excluding carboxylic acids is 2. The van der Waals surface area contributed by atoms with E-state index in [1.165, 1.54) is 0 Å². The van der Waals surface area contributed by atoms with E-state index < -0.39 is 11.3 Å². The molecule has 2 amide bonds. The SMILES string of the molecule is C.COc1ccc(C(=O)N2CCC(COc3ccc(-c4ccc(C#N)cc4)cc3)(C(N)=O)C2)cc1. The molecule has 3 aromatic carbocycles. The van der Waals surface area contributed by atoms with Crippen molar-refractivity contribution in [3.8, 4) is 28.7 Å². The van der Waals surface area contributed by atoms with Crippen molar-refractivity contribution >= 4 is 11.8 Å². The van der Waals surface area contributed by atoms with Gasteiger partial charge in [-0.3, -0.25) is 9.59 Å². The van der Waals surface area contributed by atoms with Crippen molar-refractivity contribution in [2.75, 3.05) is 26.8 Å². The minimum absolute atomic E-state index is 0. The van der Waals surface area contributed by atoms with Gasteiger partial charge in [0.15, 0.2) is 0 Å². The van der Waals surface area contributed by atoms with Crippen LogP contribution in [0.2, 0.25) is 0 Å². The highest BCUT2D eigenvalue weighted by Crippen LogP contribution is 2.33. The third-order valence-electron chi connectivity index (χ3n) is 6.22. The lowest BCUT2D eigenvalue weighted by Gasteiger charge is -2.26. The van der Waals surface area contributed by atoms with Crippen LogP contribution in [-0.4, -0.2) is 43.5 Å². The van der Waals surface area contributed by atoms with Crippen LogP contribution in [0.4, 0.5) is 0 Å². The molecule has 1 aliphatic heterocycles. The average Bonchev–Trinajstić information content (AvgIpc) is 3.33. The van der Waals surface area contributed by atoms with E-state index in [1.54, 1.807) is 48.4 Å². The van der Waals surface area contributed by atoms with Crippen molar-refractivity contribution in [2.24, 2.45) is 11.1 Å². The Labute approximate surface area is 205 Å². The summed E-state index contributed by atoms with van der Waals surface area (Å²) in [6.07, 6.45) is 0.438. The number of nitrogens with two attached hydrogens (primary N) is 1. The number of primary amides is 1. The zero-order valence-corrected chi connectivity index (χ0v) is 18.9. The van der Waals surface area contributed by atoms with Crippen molar-refractivity contribution in [2.45, 2.75) is 13.8 Å². The molecule has 7 heteroatoms. The average molecular weight is 472 g/mol. The number of ether oxygens (including phenoxy) is 2. The van der Waals surface area contributed by atoms with Crippen molar-refractivity contribution in [3.05, 3.63) is 83.9 Å². The van der Waals surface area contributed by atoms with Crippen molar-refractivity contribution < 1.29 is 19.1 Å². The topological polar surface area (TPSA) is 106 Å². The molecule has 1 atom stereocenters. The monoisotopic (exact) mass is 471 g/mol. The van der Waals surface area contributed by atoms with Gasteiger partial charge < -0.3 is 20.1 Å². The lowest BCUT2D eigenvalue weighted by Crippen LogP contribution is -2.45. The predicted molar refractivity (Wildman–Crippen MR) is 134 cm³/mol. The zero-order chi connectivity index (χ0) is 24.1. The molecule has 2 N–H and O–H groups in total. The number of hydrogen-bond acceptors (Lipinski definition) is 5. The molecule has 0 spiro atoms. The van der Waals surface area contributed by atoms with Gasteiger partial charge in [-0.15, -0.1) is 0 Å². The number of rotatable bonds is 7. The summed E-state index contributed by atoms with van der Waals surface area (Å²) in [7, 11) is 1.57. The van der Waals surface area contributed by atoms with E-state index in [2.05, 4.69) is 6.07 Å². The molecule has 1 saturated heterocycles. The lowest BCUT2D eigenvalue weighted by molar-refractivity contribution is -0.128. The van der Waals surface area contributed by atoms with Gasteiger partial charge in [-0.1, -0.05) is 31.7 Å². The summed E-state index contributed by atoms with van der Waals surface area (Å²) in [6, 6.07) is 23.8.